The van der Waals surface area contributed by atoms with E-state index in [0.29, 0.717) is 0 Å². The Labute approximate surface area is 117 Å². The van der Waals surface area contributed by atoms with E-state index < -0.39 is 0 Å². The molecule has 0 radical (unpaired) electrons. The second kappa shape index (κ2) is 3.59. The average Bonchev–Trinajstić information content (AvgIpc) is 2.74. The summed E-state index contributed by atoms with van der Waals surface area (Å²) in [5.41, 5.74) is 2.04. The minimum absolute atomic E-state index is 0.0107. The lowest BCUT2D eigenvalue weighted by Gasteiger charge is -2.45. The topological polar surface area (TPSA) is 18.5 Å². The van der Waals surface area contributed by atoms with Gasteiger partial charge >= 0.3 is 0 Å². The van der Waals surface area contributed by atoms with Crippen LogP contribution in [0.2, 0.25) is 0 Å². The maximum absolute atomic E-state index is 6.07. The van der Waals surface area contributed by atoms with Gasteiger partial charge in [0.05, 0.1) is 11.5 Å². The Bertz CT molecular complexity index is 477. The summed E-state index contributed by atoms with van der Waals surface area (Å²) in [5.74, 6) is 0. The molecule has 2 bridgehead atoms. The van der Waals surface area contributed by atoms with Gasteiger partial charge in [0.15, 0.2) is 6.29 Å². The highest BCUT2D eigenvalue weighted by Crippen LogP contribution is 2.67. The molecule has 2 heterocycles. The van der Waals surface area contributed by atoms with Crippen LogP contribution in [0, 0.1) is 10.8 Å². The number of halogens is 1. The third-order valence-corrected chi connectivity index (χ3v) is 6.20. The van der Waals surface area contributed by atoms with Gasteiger partial charge in [0.2, 0.25) is 0 Å². The van der Waals surface area contributed by atoms with E-state index in [2.05, 4.69) is 49.0 Å². The smallest absolute Gasteiger partial charge is 0.169 e. The molecule has 0 amide bonds. The van der Waals surface area contributed by atoms with Crippen molar-refractivity contribution >= 4 is 15.9 Å². The molecule has 1 spiro atoms. The van der Waals surface area contributed by atoms with Crippen LogP contribution in [0.15, 0.2) is 34.9 Å². The van der Waals surface area contributed by atoms with E-state index in [1.165, 1.54) is 4.48 Å². The van der Waals surface area contributed by atoms with Gasteiger partial charge in [-0.1, -0.05) is 48.5 Å². The van der Waals surface area contributed by atoms with Crippen LogP contribution >= 0.6 is 15.9 Å². The predicted octanol–water partition coefficient (Wildman–Crippen LogP) is 3.94. The Balaban J connectivity index is 2.12. The van der Waals surface area contributed by atoms with Crippen molar-refractivity contribution in [3.8, 4) is 0 Å². The van der Waals surface area contributed by atoms with Crippen molar-refractivity contribution < 1.29 is 9.47 Å². The standard InChI is InChI=1S/C15H19BrO2/c1-8(2)11-7-15-9(3)10(17-13(15)18-11)6-12(16)14(15,4)5/h6,10-11,13H,1,3,7H2,2,4-5H3/t10-,11+,13-,15+/m1/s1. The van der Waals surface area contributed by atoms with E-state index in [1.807, 2.05) is 6.92 Å². The number of hydrogen-bond acceptors (Lipinski definition) is 2. The predicted molar refractivity (Wildman–Crippen MR) is 75.3 cm³/mol. The second-order valence-corrected chi connectivity index (χ2v) is 7.05. The molecule has 2 fully saturated rings. The van der Waals surface area contributed by atoms with Crippen LogP contribution in [-0.2, 0) is 9.47 Å². The van der Waals surface area contributed by atoms with Crippen molar-refractivity contribution in [2.75, 3.05) is 0 Å². The first kappa shape index (κ1) is 12.6. The molecule has 4 atom stereocenters. The lowest BCUT2D eigenvalue weighted by molar-refractivity contribution is -0.145. The molecule has 0 aromatic carbocycles. The minimum Gasteiger partial charge on any atom is -0.344 e. The lowest BCUT2D eigenvalue weighted by atomic mass is 9.57. The number of ether oxygens (including phenoxy) is 2. The summed E-state index contributed by atoms with van der Waals surface area (Å²) in [6, 6.07) is 0. The van der Waals surface area contributed by atoms with E-state index in [0.717, 1.165) is 17.6 Å². The van der Waals surface area contributed by atoms with Crippen molar-refractivity contribution in [2.24, 2.45) is 10.8 Å². The molecule has 3 rings (SSSR count). The van der Waals surface area contributed by atoms with Crippen molar-refractivity contribution in [1.29, 1.82) is 0 Å². The Kier molecular flexibility index (Phi) is 2.52. The van der Waals surface area contributed by atoms with Gasteiger partial charge in [-0.25, -0.2) is 0 Å². The fraction of sp³-hybridized carbons (Fsp3) is 0.600. The van der Waals surface area contributed by atoms with Crippen molar-refractivity contribution in [3.05, 3.63) is 34.9 Å². The summed E-state index contributed by atoms with van der Waals surface area (Å²) in [6.45, 7) is 14.8. The van der Waals surface area contributed by atoms with Gasteiger partial charge in [-0.3, -0.25) is 0 Å². The minimum atomic E-state index is -0.196. The van der Waals surface area contributed by atoms with Crippen molar-refractivity contribution in [1.82, 2.24) is 0 Å². The summed E-state index contributed by atoms with van der Waals surface area (Å²) >= 11 is 3.71. The fourth-order valence-corrected chi connectivity index (χ4v) is 4.13. The molecule has 0 aromatic rings. The van der Waals surface area contributed by atoms with Crippen molar-refractivity contribution in [2.45, 2.75) is 45.7 Å². The molecule has 0 unspecified atom stereocenters. The lowest BCUT2D eigenvalue weighted by Crippen LogP contribution is -2.44. The molecule has 1 aliphatic carbocycles. The van der Waals surface area contributed by atoms with E-state index in [9.17, 15) is 0 Å². The van der Waals surface area contributed by atoms with E-state index in [4.69, 9.17) is 9.47 Å². The number of allylic oxidation sites excluding steroid dienone is 1. The van der Waals surface area contributed by atoms with E-state index in [-0.39, 0.29) is 29.3 Å². The van der Waals surface area contributed by atoms with Crippen LogP contribution in [0.4, 0.5) is 0 Å². The van der Waals surface area contributed by atoms with Gasteiger partial charge in [0.1, 0.15) is 6.10 Å². The third kappa shape index (κ3) is 1.25. The van der Waals surface area contributed by atoms with Crippen LogP contribution in [0.3, 0.4) is 0 Å². The zero-order valence-electron chi connectivity index (χ0n) is 11.1. The molecule has 2 saturated heterocycles. The van der Waals surface area contributed by atoms with Crippen LogP contribution in [0.5, 0.6) is 0 Å². The van der Waals surface area contributed by atoms with E-state index in [1.54, 1.807) is 0 Å². The monoisotopic (exact) mass is 310 g/mol. The van der Waals surface area contributed by atoms with Crippen molar-refractivity contribution in [3.63, 3.8) is 0 Å². The Morgan fingerprint density at radius 2 is 2.11 bits per heavy atom. The van der Waals surface area contributed by atoms with Gasteiger partial charge in [-0.2, -0.15) is 0 Å². The summed E-state index contributed by atoms with van der Waals surface area (Å²) in [6.07, 6.45) is 2.90. The zero-order chi connectivity index (χ0) is 13.3. The summed E-state index contributed by atoms with van der Waals surface area (Å²) in [5, 5.41) is 0. The first-order valence-corrected chi connectivity index (χ1v) is 7.13. The molecule has 98 valence electrons. The maximum Gasteiger partial charge on any atom is 0.169 e. The molecule has 0 aromatic heterocycles. The molecule has 2 aliphatic heterocycles. The normalized spacial score (nSPS) is 44.8. The first-order valence-electron chi connectivity index (χ1n) is 6.34. The summed E-state index contributed by atoms with van der Waals surface area (Å²) in [4.78, 5) is 0. The number of hydrogen-bond donors (Lipinski definition) is 0. The largest absolute Gasteiger partial charge is 0.344 e. The van der Waals surface area contributed by atoms with Gasteiger partial charge in [0.25, 0.3) is 0 Å². The van der Waals surface area contributed by atoms with Gasteiger partial charge in [-0.05, 0) is 25.0 Å². The summed E-state index contributed by atoms with van der Waals surface area (Å²) < 4.78 is 13.3. The number of rotatable bonds is 1. The van der Waals surface area contributed by atoms with E-state index >= 15 is 0 Å². The SMILES string of the molecule is C=C(C)[C@@H]1C[C@@]23C(=C)[C@@H](C=C(Br)C2(C)C)O[C@@H]3O1. The Hall–Kier alpha value is -0.380. The van der Waals surface area contributed by atoms with Crippen LogP contribution in [0.1, 0.15) is 27.2 Å². The quantitative estimate of drug-likeness (QED) is 0.683. The first-order chi connectivity index (χ1) is 8.30. The van der Waals surface area contributed by atoms with Crippen LogP contribution in [-0.4, -0.2) is 18.5 Å². The molecule has 0 saturated carbocycles. The highest BCUT2D eigenvalue weighted by atomic mass is 79.9. The molecule has 3 aliphatic rings. The van der Waals surface area contributed by atoms with Crippen LogP contribution in [0.25, 0.3) is 0 Å². The number of fused-ring (bicyclic) bond motifs is 1. The Morgan fingerprint density at radius 1 is 1.44 bits per heavy atom. The summed E-state index contributed by atoms with van der Waals surface area (Å²) in [7, 11) is 0. The maximum atomic E-state index is 6.07. The fourth-order valence-electron chi connectivity index (χ4n) is 3.54. The second-order valence-electron chi connectivity index (χ2n) is 6.20. The highest BCUT2D eigenvalue weighted by Gasteiger charge is 2.67. The molecule has 3 heteroatoms. The van der Waals surface area contributed by atoms with Gasteiger partial charge in [-0.15, -0.1) is 0 Å². The Morgan fingerprint density at radius 3 is 2.72 bits per heavy atom. The van der Waals surface area contributed by atoms with Crippen LogP contribution < -0.4 is 0 Å². The molecule has 18 heavy (non-hydrogen) atoms. The molecular formula is C15H19BrO2. The average molecular weight is 311 g/mol. The van der Waals surface area contributed by atoms with Gasteiger partial charge in [0, 0.05) is 9.90 Å². The zero-order valence-corrected chi connectivity index (χ0v) is 12.7. The molecule has 2 nitrogen and oxygen atoms in total. The highest BCUT2D eigenvalue weighted by molar-refractivity contribution is 9.11. The third-order valence-electron chi connectivity index (χ3n) is 4.94. The molecular weight excluding hydrogens is 292 g/mol. The molecule has 0 N–H and O–H groups in total. The van der Waals surface area contributed by atoms with Gasteiger partial charge < -0.3 is 9.47 Å².